The molecule has 0 aliphatic carbocycles. The molecule has 0 bridgehead atoms. The number of aromatic nitrogens is 2. The van der Waals surface area contributed by atoms with Gasteiger partial charge in [-0.25, -0.2) is 0 Å². The Hall–Kier alpha value is -2.93. The van der Waals surface area contributed by atoms with Crippen molar-refractivity contribution in [2.45, 2.75) is 25.8 Å². The summed E-state index contributed by atoms with van der Waals surface area (Å²) in [6, 6.07) is 12.7. The number of amides is 1. The largest absolute Gasteiger partial charge is 0.496 e. The lowest BCUT2D eigenvalue weighted by atomic mass is 10.1. The molecule has 0 unspecified atom stereocenters. The van der Waals surface area contributed by atoms with Crippen LogP contribution in [0, 0.1) is 4.77 Å². The molecule has 3 aromatic rings. The third-order valence-corrected chi connectivity index (χ3v) is 5.72. The van der Waals surface area contributed by atoms with Crippen LogP contribution in [0.4, 0.5) is 0 Å². The SMILES string of the molecule is COc1ccccc1Cn1c(=S)[nH]c2cc(C(=O)N3CCCCC3)ccc2c1=O. The molecule has 1 saturated heterocycles. The number of ether oxygens (including phenoxy) is 1. The third-order valence-electron chi connectivity index (χ3n) is 5.39. The Balaban J connectivity index is 1.71. The highest BCUT2D eigenvalue weighted by Gasteiger charge is 2.19. The summed E-state index contributed by atoms with van der Waals surface area (Å²) >= 11 is 5.45. The number of rotatable bonds is 4. The summed E-state index contributed by atoms with van der Waals surface area (Å²) in [7, 11) is 1.60. The molecular weight excluding hydrogens is 386 g/mol. The monoisotopic (exact) mass is 409 g/mol. The van der Waals surface area contributed by atoms with E-state index in [2.05, 4.69) is 4.98 Å². The zero-order chi connectivity index (χ0) is 20.4. The maximum atomic E-state index is 13.1. The Morgan fingerprint density at radius 1 is 1.14 bits per heavy atom. The molecule has 0 radical (unpaired) electrons. The van der Waals surface area contributed by atoms with Gasteiger partial charge in [-0.15, -0.1) is 0 Å². The average molecular weight is 410 g/mol. The predicted molar refractivity (Wildman–Crippen MR) is 115 cm³/mol. The van der Waals surface area contributed by atoms with Crippen LogP contribution in [-0.2, 0) is 6.54 Å². The van der Waals surface area contributed by atoms with Crippen molar-refractivity contribution >= 4 is 29.0 Å². The van der Waals surface area contributed by atoms with E-state index in [1.54, 1.807) is 25.3 Å². The maximum Gasteiger partial charge on any atom is 0.262 e. The van der Waals surface area contributed by atoms with Gasteiger partial charge in [-0.1, -0.05) is 18.2 Å². The number of para-hydroxylation sites is 1. The molecule has 0 spiro atoms. The minimum atomic E-state index is -0.188. The number of aromatic amines is 1. The first-order valence-corrected chi connectivity index (χ1v) is 10.2. The van der Waals surface area contributed by atoms with Crippen molar-refractivity contribution < 1.29 is 9.53 Å². The molecule has 150 valence electrons. The van der Waals surface area contributed by atoms with Crippen LogP contribution in [0.1, 0.15) is 35.2 Å². The Labute approximate surface area is 173 Å². The van der Waals surface area contributed by atoms with Gasteiger partial charge in [0.15, 0.2) is 4.77 Å². The minimum Gasteiger partial charge on any atom is -0.496 e. The number of H-pyrrole nitrogens is 1. The number of nitrogens with zero attached hydrogens (tertiary/aromatic N) is 2. The fourth-order valence-corrected chi connectivity index (χ4v) is 4.07. The summed E-state index contributed by atoms with van der Waals surface area (Å²) in [6.45, 7) is 1.88. The van der Waals surface area contributed by atoms with Crippen molar-refractivity contribution in [3.63, 3.8) is 0 Å². The lowest BCUT2D eigenvalue weighted by Crippen LogP contribution is -2.35. The molecule has 2 heterocycles. The second kappa shape index (κ2) is 8.21. The van der Waals surface area contributed by atoms with Crippen LogP contribution in [0.2, 0.25) is 0 Å². The lowest BCUT2D eigenvalue weighted by molar-refractivity contribution is 0.0724. The van der Waals surface area contributed by atoms with Gasteiger partial charge < -0.3 is 14.6 Å². The van der Waals surface area contributed by atoms with Crippen molar-refractivity contribution in [3.8, 4) is 5.75 Å². The van der Waals surface area contributed by atoms with Gasteiger partial charge in [-0.2, -0.15) is 0 Å². The quantitative estimate of drug-likeness (QED) is 0.667. The number of methoxy groups -OCH3 is 1. The predicted octanol–water partition coefficient (Wildman–Crippen LogP) is 3.74. The number of hydrogen-bond acceptors (Lipinski definition) is 4. The Bertz CT molecular complexity index is 1180. The zero-order valence-electron chi connectivity index (χ0n) is 16.3. The van der Waals surface area contributed by atoms with Gasteiger partial charge in [-0.05, 0) is 55.7 Å². The highest BCUT2D eigenvalue weighted by molar-refractivity contribution is 7.71. The number of nitrogens with one attached hydrogen (secondary N) is 1. The molecule has 7 heteroatoms. The number of fused-ring (bicyclic) bond motifs is 1. The van der Waals surface area contributed by atoms with Gasteiger partial charge in [0, 0.05) is 24.2 Å². The van der Waals surface area contributed by atoms with Crippen molar-refractivity contribution in [2.24, 2.45) is 0 Å². The highest BCUT2D eigenvalue weighted by atomic mass is 32.1. The van der Waals surface area contributed by atoms with Crippen LogP contribution >= 0.6 is 12.2 Å². The van der Waals surface area contributed by atoms with Crippen molar-refractivity contribution in [3.05, 3.63) is 68.7 Å². The summed E-state index contributed by atoms with van der Waals surface area (Å²) in [6.07, 6.45) is 3.24. The number of piperidine rings is 1. The molecule has 1 fully saturated rings. The summed E-state index contributed by atoms with van der Waals surface area (Å²) in [5.41, 5.74) is 1.84. The Morgan fingerprint density at radius 3 is 2.66 bits per heavy atom. The molecule has 1 aromatic heterocycles. The minimum absolute atomic E-state index is 0.00381. The van der Waals surface area contributed by atoms with Crippen LogP contribution in [0.3, 0.4) is 0 Å². The van der Waals surface area contributed by atoms with E-state index in [1.165, 1.54) is 11.0 Å². The Kier molecular flexibility index (Phi) is 5.49. The second-order valence-corrected chi connectivity index (χ2v) is 7.63. The number of hydrogen-bond donors (Lipinski definition) is 1. The molecule has 4 rings (SSSR count). The van der Waals surface area contributed by atoms with E-state index in [0.29, 0.717) is 33.5 Å². The van der Waals surface area contributed by atoms with Crippen LogP contribution in [0.5, 0.6) is 5.75 Å². The van der Waals surface area contributed by atoms with Gasteiger partial charge in [0.1, 0.15) is 5.75 Å². The summed E-state index contributed by atoms with van der Waals surface area (Å²) in [4.78, 5) is 30.9. The highest BCUT2D eigenvalue weighted by Crippen LogP contribution is 2.19. The zero-order valence-corrected chi connectivity index (χ0v) is 17.1. The molecule has 29 heavy (non-hydrogen) atoms. The average Bonchev–Trinajstić information content (AvgIpc) is 2.76. The van der Waals surface area contributed by atoms with Gasteiger partial charge in [0.05, 0.1) is 24.6 Å². The molecule has 0 saturated carbocycles. The lowest BCUT2D eigenvalue weighted by Gasteiger charge is -2.26. The standard InChI is InChI=1S/C22H23N3O3S/c1-28-19-8-4-3-7-16(19)14-25-21(27)17-10-9-15(13-18(17)23-22(25)29)20(26)24-11-5-2-6-12-24/h3-4,7-10,13H,2,5-6,11-12,14H2,1H3,(H,23,29). The van der Waals surface area contributed by atoms with Gasteiger partial charge in [0.25, 0.3) is 11.5 Å². The first kappa shape index (κ1) is 19.4. The van der Waals surface area contributed by atoms with E-state index in [9.17, 15) is 9.59 Å². The number of carbonyl (C=O) groups excluding carboxylic acids is 1. The first-order chi connectivity index (χ1) is 14.1. The van der Waals surface area contributed by atoms with Crippen LogP contribution in [0.25, 0.3) is 10.9 Å². The van der Waals surface area contributed by atoms with Crippen molar-refractivity contribution in [2.75, 3.05) is 20.2 Å². The van der Waals surface area contributed by atoms with Crippen LogP contribution in [0.15, 0.2) is 47.3 Å². The molecule has 1 aliphatic heterocycles. The normalized spacial score (nSPS) is 14.2. The molecule has 1 aliphatic rings. The fraction of sp³-hybridized carbons (Fsp3) is 0.318. The van der Waals surface area contributed by atoms with Crippen LogP contribution in [-0.4, -0.2) is 40.6 Å². The number of likely N-dealkylation sites (tertiary alicyclic amines) is 1. The van der Waals surface area contributed by atoms with E-state index >= 15 is 0 Å². The van der Waals surface area contributed by atoms with E-state index < -0.39 is 0 Å². The van der Waals surface area contributed by atoms with E-state index in [-0.39, 0.29) is 11.5 Å². The van der Waals surface area contributed by atoms with Gasteiger partial charge in [0.2, 0.25) is 0 Å². The van der Waals surface area contributed by atoms with Crippen LogP contribution < -0.4 is 10.3 Å². The van der Waals surface area contributed by atoms with Crippen molar-refractivity contribution in [1.29, 1.82) is 0 Å². The van der Waals surface area contributed by atoms with E-state index in [1.807, 2.05) is 29.2 Å². The third kappa shape index (κ3) is 3.82. The van der Waals surface area contributed by atoms with Gasteiger partial charge in [-0.3, -0.25) is 14.2 Å². The molecule has 0 atom stereocenters. The molecule has 2 aromatic carbocycles. The van der Waals surface area contributed by atoms with Crippen molar-refractivity contribution in [1.82, 2.24) is 14.5 Å². The fourth-order valence-electron chi connectivity index (χ4n) is 3.81. The molecule has 1 N–H and O–H groups in total. The summed E-state index contributed by atoms with van der Waals surface area (Å²) in [5, 5.41) is 0.503. The maximum absolute atomic E-state index is 13.1. The number of carbonyl (C=O) groups is 1. The van der Waals surface area contributed by atoms with E-state index in [4.69, 9.17) is 17.0 Å². The molecular formula is C22H23N3O3S. The van der Waals surface area contributed by atoms with Gasteiger partial charge >= 0.3 is 0 Å². The van der Waals surface area contributed by atoms with E-state index in [0.717, 1.165) is 31.5 Å². The summed E-state index contributed by atoms with van der Waals surface area (Å²) < 4.78 is 7.21. The summed E-state index contributed by atoms with van der Waals surface area (Å²) in [5.74, 6) is 0.709. The first-order valence-electron chi connectivity index (χ1n) is 9.76. The molecule has 1 amide bonds. The number of benzene rings is 2. The second-order valence-electron chi connectivity index (χ2n) is 7.25. The topological polar surface area (TPSA) is 67.3 Å². The smallest absolute Gasteiger partial charge is 0.262 e. The molecule has 6 nitrogen and oxygen atoms in total. The Morgan fingerprint density at radius 2 is 1.90 bits per heavy atom.